The van der Waals surface area contributed by atoms with Crippen LogP contribution in [0.1, 0.15) is 18.4 Å². The van der Waals surface area contributed by atoms with Gasteiger partial charge in [0.1, 0.15) is 0 Å². The van der Waals surface area contributed by atoms with Gasteiger partial charge in [-0.15, -0.1) is 0 Å². The van der Waals surface area contributed by atoms with E-state index in [-0.39, 0.29) is 5.91 Å². The Morgan fingerprint density at radius 3 is 2.79 bits per heavy atom. The zero-order valence-electron chi connectivity index (χ0n) is 8.42. The molecule has 3 N–H and O–H groups in total. The van der Waals surface area contributed by atoms with Crippen LogP contribution in [0.15, 0.2) is 24.3 Å². The van der Waals surface area contributed by atoms with E-state index in [0.717, 1.165) is 18.7 Å². The Balaban J connectivity index is 2.31. The van der Waals surface area contributed by atoms with Crippen LogP contribution < -0.4 is 11.1 Å². The van der Waals surface area contributed by atoms with Crippen LogP contribution in [-0.2, 0) is 4.79 Å². The molecule has 0 radical (unpaired) electrons. The van der Waals surface area contributed by atoms with Crippen molar-refractivity contribution in [3.63, 3.8) is 0 Å². The van der Waals surface area contributed by atoms with Crippen molar-refractivity contribution in [1.29, 1.82) is 0 Å². The summed E-state index contributed by atoms with van der Waals surface area (Å²) in [6, 6.07) is 8.07. The molecule has 0 aliphatic carbocycles. The summed E-state index contributed by atoms with van der Waals surface area (Å²) in [6.07, 6.45) is 1.22. The lowest BCUT2D eigenvalue weighted by molar-refractivity contribution is -0.118. The SMILES string of the molecule is Cc1ccccc1NCCCC(N)=O. The first-order valence-corrected chi connectivity index (χ1v) is 4.78. The summed E-state index contributed by atoms with van der Waals surface area (Å²) in [4.78, 5) is 10.5. The lowest BCUT2D eigenvalue weighted by Crippen LogP contribution is -2.12. The summed E-state index contributed by atoms with van der Waals surface area (Å²) in [5.74, 6) is -0.239. The molecular formula is C11H16N2O. The molecule has 0 spiro atoms. The van der Waals surface area contributed by atoms with Crippen LogP contribution >= 0.6 is 0 Å². The summed E-state index contributed by atoms with van der Waals surface area (Å²) in [6.45, 7) is 2.84. The molecule has 1 aromatic carbocycles. The van der Waals surface area contributed by atoms with Crippen molar-refractivity contribution in [2.24, 2.45) is 5.73 Å². The number of primary amides is 1. The quantitative estimate of drug-likeness (QED) is 0.697. The van der Waals surface area contributed by atoms with Gasteiger partial charge in [-0.3, -0.25) is 4.79 Å². The third kappa shape index (κ3) is 3.47. The van der Waals surface area contributed by atoms with Crippen molar-refractivity contribution in [2.45, 2.75) is 19.8 Å². The van der Waals surface area contributed by atoms with Gasteiger partial charge in [-0.2, -0.15) is 0 Å². The largest absolute Gasteiger partial charge is 0.385 e. The van der Waals surface area contributed by atoms with Crippen molar-refractivity contribution in [3.05, 3.63) is 29.8 Å². The topological polar surface area (TPSA) is 55.1 Å². The molecule has 1 amide bonds. The first kappa shape index (κ1) is 10.6. The van der Waals surface area contributed by atoms with Gasteiger partial charge in [-0.05, 0) is 25.0 Å². The summed E-state index contributed by atoms with van der Waals surface area (Å²) in [5, 5.41) is 3.26. The molecule has 1 rings (SSSR count). The van der Waals surface area contributed by atoms with E-state index in [1.807, 2.05) is 18.2 Å². The maximum atomic E-state index is 10.5. The highest BCUT2D eigenvalue weighted by Gasteiger charge is 1.96. The van der Waals surface area contributed by atoms with Crippen LogP contribution in [0.2, 0.25) is 0 Å². The van der Waals surface area contributed by atoms with Crippen LogP contribution in [0, 0.1) is 6.92 Å². The van der Waals surface area contributed by atoms with Gasteiger partial charge in [-0.1, -0.05) is 18.2 Å². The number of rotatable bonds is 5. The molecule has 0 bridgehead atoms. The van der Waals surface area contributed by atoms with Crippen LogP contribution in [-0.4, -0.2) is 12.5 Å². The number of carbonyl (C=O) groups is 1. The molecule has 0 aliphatic heterocycles. The molecule has 76 valence electrons. The number of aryl methyl sites for hydroxylation is 1. The molecule has 3 nitrogen and oxygen atoms in total. The number of carbonyl (C=O) groups excluding carboxylic acids is 1. The van der Waals surface area contributed by atoms with Crippen LogP contribution in [0.4, 0.5) is 5.69 Å². The normalized spacial score (nSPS) is 9.79. The highest BCUT2D eigenvalue weighted by atomic mass is 16.1. The average molecular weight is 192 g/mol. The summed E-state index contributed by atoms with van der Waals surface area (Å²) in [7, 11) is 0. The second-order valence-electron chi connectivity index (χ2n) is 3.31. The Morgan fingerprint density at radius 2 is 2.14 bits per heavy atom. The van der Waals surface area contributed by atoms with E-state index >= 15 is 0 Å². The number of hydrogen-bond donors (Lipinski definition) is 2. The van der Waals surface area contributed by atoms with Gasteiger partial charge >= 0.3 is 0 Å². The maximum Gasteiger partial charge on any atom is 0.217 e. The average Bonchev–Trinajstić information content (AvgIpc) is 2.15. The molecule has 0 saturated heterocycles. The van der Waals surface area contributed by atoms with Gasteiger partial charge in [0.05, 0.1) is 0 Å². The van der Waals surface area contributed by atoms with Crippen molar-refractivity contribution in [2.75, 3.05) is 11.9 Å². The van der Waals surface area contributed by atoms with Crippen molar-refractivity contribution < 1.29 is 4.79 Å². The Labute approximate surface area is 84.3 Å². The number of nitrogens with one attached hydrogen (secondary N) is 1. The fraction of sp³-hybridized carbons (Fsp3) is 0.364. The Morgan fingerprint density at radius 1 is 1.43 bits per heavy atom. The fourth-order valence-electron chi connectivity index (χ4n) is 1.26. The third-order valence-corrected chi connectivity index (χ3v) is 2.06. The monoisotopic (exact) mass is 192 g/mol. The van der Waals surface area contributed by atoms with Crippen molar-refractivity contribution in [1.82, 2.24) is 0 Å². The molecule has 3 heteroatoms. The molecule has 0 fully saturated rings. The summed E-state index contributed by atoms with van der Waals surface area (Å²) >= 11 is 0. The minimum Gasteiger partial charge on any atom is -0.385 e. The highest BCUT2D eigenvalue weighted by Crippen LogP contribution is 2.12. The molecule has 0 aromatic heterocycles. The second kappa shape index (κ2) is 5.27. The van der Waals surface area contributed by atoms with Crippen LogP contribution in [0.5, 0.6) is 0 Å². The molecule has 0 aliphatic rings. The van der Waals surface area contributed by atoms with Gasteiger partial charge in [-0.25, -0.2) is 0 Å². The Hall–Kier alpha value is -1.51. The molecule has 0 atom stereocenters. The van der Waals surface area contributed by atoms with Gasteiger partial charge in [0.2, 0.25) is 5.91 Å². The van der Waals surface area contributed by atoms with E-state index in [9.17, 15) is 4.79 Å². The fourth-order valence-corrected chi connectivity index (χ4v) is 1.26. The maximum absolute atomic E-state index is 10.5. The summed E-state index contributed by atoms with van der Waals surface area (Å²) in [5.41, 5.74) is 7.37. The van der Waals surface area contributed by atoms with Gasteiger partial charge in [0, 0.05) is 18.7 Å². The number of anilines is 1. The minimum atomic E-state index is -0.239. The van der Waals surface area contributed by atoms with Gasteiger partial charge in [0.25, 0.3) is 0 Å². The van der Waals surface area contributed by atoms with E-state index in [1.54, 1.807) is 0 Å². The van der Waals surface area contributed by atoms with E-state index in [4.69, 9.17) is 5.73 Å². The lowest BCUT2D eigenvalue weighted by Gasteiger charge is -2.07. The predicted molar refractivity (Wildman–Crippen MR) is 58.1 cm³/mol. The molecule has 0 unspecified atom stereocenters. The number of benzene rings is 1. The summed E-state index contributed by atoms with van der Waals surface area (Å²) < 4.78 is 0. The Kier molecular flexibility index (Phi) is 3.98. The predicted octanol–water partition coefficient (Wildman–Crippen LogP) is 1.67. The van der Waals surface area contributed by atoms with Gasteiger partial charge < -0.3 is 11.1 Å². The van der Waals surface area contributed by atoms with Gasteiger partial charge in [0.15, 0.2) is 0 Å². The first-order chi connectivity index (χ1) is 6.70. The van der Waals surface area contributed by atoms with E-state index in [0.29, 0.717) is 6.42 Å². The Bertz CT molecular complexity index is 310. The minimum absolute atomic E-state index is 0.239. The zero-order valence-corrected chi connectivity index (χ0v) is 8.42. The zero-order chi connectivity index (χ0) is 10.4. The highest BCUT2D eigenvalue weighted by molar-refractivity contribution is 5.73. The third-order valence-electron chi connectivity index (χ3n) is 2.06. The number of amides is 1. The lowest BCUT2D eigenvalue weighted by atomic mass is 10.2. The van der Waals surface area contributed by atoms with E-state index in [1.165, 1.54) is 5.56 Å². The number of nitrogens with two attached hydrogens (primary N) is 1. The number of para-hydroxylation sites is 1. The standard InChI is InChI=1S/C11H16N2O/c1-9-5-2-3-6-10(9)13-8-4-7-11(12)14/h2-3,5-6,13H,4,7-8H2,1H3,(H2,12,14). The van der Waals surface area contributed by atoms with Crippen LogP contribution in [0.3, 0.4) is 0 Å². The van der Waals surface area contributed by atoms with Crippen molar-refractivity contribution in [3.8, 4) is 0 Å². The van der Waals surface area contributed by atoms with E-state index < -0.39 is 0 Å². The molecular weight excluding hydrogens is 176 g/mol. The molecule has 0 saturated carbocycles. The first-order valence-electron chi connectivity index (χ1n) is 4.78. The van der Waals surface area contributed by atoms with E-state index in [2.05, 4.69) is 18.3 Å². The van der Waals surface area contributed by atoms with Crippen molar-refractivity contribution >= 4 is 11.6 Å². The van der Waals surface area contributed by atoms with Crippen LogP contribution in [0.25, 0.3) is 0 Å². The smallest absolute Gasteiger partial charge is 0.217 e. The second-order valence-corrected chi connectivity index (χ2v) is 3.31. The molecule has 1 aromatic rings. The molecule has 14 heavy (non-hydrogen) atoms. The molecule has 0 heterocycles. The number of hydrogen-bond acceptors (Lipinski definition) is 2.